The van der Waals surface area contributed by atoms with Gasteiger partial charge in [-0.3, -0.25) is 4.79 Å². The minimum absolute atomic E-state index is 0.217. The van der Waals surface area contributed by atoms with Crippen molar-refractivity contribution in [2.24, 2.45) is 5.73 Å². The van der Waals surface area contributed by atoms with Gasteiger partial charge in [-0.05, 0) is 30.9 Å². The summed E-state index contributed by atoms with van der Waals surface area (Å²) < 4.78 is 0. The zero-order valence-electron chi connectivity index (χ0n) is 11.6. The molecule has 1 aromatic rings. The molecule has 0 radical (unpaired) electrons. The highest BCUT2D eigenvalue weighted by Crippen LogP contribution is 2.19. The number of likely N-dealkylation sites (N-methyl/N-ethyl adjacent to an activating group) is 1. The van der Waals surface area contributed by atoms with Crippen LogP contribution < -0.4 is 10.6 Å². The molecule has 1 saturated heterocycles. The molecule has 1 fully saturated rings. The van der Waals surface area contributed by atoms with Crippen LogP contribution in [0.5, 0.6) is 0 Å². The average Bonchev–Trinajstić information content (AvgIpc) is 2.48. The molecule has 0 atom stereocenters. The van der Waals surface area contributed by atoms with E-state index in [0.717, 1.165) is 37.2 Å². The van der Waals surface area contributed by atoms with Gasteiger partial charge in [0.25, 0.3) is 0 Å². The summed E-state index contributed by atoms with van der Waals surface area (Å²) in [7, 11) is 1.95. The van der Waals surface area contributed by atoms with Crippen LogP contribution in [0.2, 0.25) is 0 Å². The molecule has 4 heteroatoms. The summed E-state index contributed by atoms with van der Waals surface area (Å²) in [6.07, 6.45) is 3.51. The van der Waals surface area contributed by atoms with Crippen molar-refractivity contribution in [2.45, 2.75) is 25.8 Å². The number of para-hydroxylation sites is 1. The molecule has 1 amide bonds. The molecular weight excluding hydrogens is 238 g/mol. The van der Waals surface area contributed by atoms with Crippen LogP contribution >= 0.6 is 0 Å². The van der Waals surface area contributed by atoms with Gasteiger partial charge in [0, 0.05) is 32.4 Å². The topological polar surface area (TPSA) is 49.6 Å². The number of nitrogens with two attached hydrogens (primary N) is 1. The summed E-state index contributed by atoms with van der Waals surface area (Å²) in [5.74, 6) is 0.217. The van der Waals surface area contributed by atoms with Crippen molar-refractivity contribution in [3.05, 3.63) is 29.8 Å². The highest BCUT2D eigenvalue weighted by molar-refractivity contribution is 5.81. The third kappa shape index (κ3) is 3.47. The Balaban J connectivity index is 1.99. The van der Waals surface area contributed by atoms with E-state index in [9.17, 15) is 4.79 Å². The predicted octanol–water partition coefficient (Wildman–Crippen LogP) is 1.59. The van der Waals surface area contributed by atoms with Crippen LogP contribution in [-0.4, -0.2) is 37.5 Å². The lowest BCUT2D eigenvalue weighted by Crippen LogP contribution is -2.42. The minimum atomic E-state index is 0.217. The van der Waals surface area contributed by atoms with Crippen LogP contribution in [0.3, 0.4) is 0 Å². The Morgan fingerprint density at radius 2 is 1.95 bits per heavy atom. The minimum Gasteiger partial charge on any atom is -0.365 e. The number of anilines is 1. The Morgan fingerprint density at radius 3 is 2.63 bits per heavy atom. The summed E-state index contributed by atoms with van der Waals surface area (Å²) >= 11 is 0. The Hall–Kier alpha value is -1.55. The number of carbonyl (C=O) groups is 1. The lowest BCUT2D eigenvalue weighted by molar-refractivity contribution is -0.130. The average molecular weight is 261 g/mol. The van der Waals surface area contributed by atoms with Crippen molar-refractivity contribution in [3.8, 4) is 0 Å². The first kappa shape index (κ1) is 13.9. The Kier molecular flexibility index (Phi) is 4.80. The molecule has 1 aliphatic heterocycles. The molecule has 0 aliphatic carbocycles. The molecule has 0 unspecified atom stereocenters. The fraction of sp³-hybridized carbons (Fsp3) is 0.533. The number of hydrogen-bond donors (Lipinski definition) is 1. The van der Waals surface area contributed by atoms with Gasteiger partial charge in [-0.1, -0.05) is 18.2 Å². The molecule has 0 saturated carbocycles. The number of rotatable bonds is 4. The Morgan fingerprint density at radius 1 is 1.26 bits per heavy atom. The van der Waals surface area contributed by atoms with Gasteiger partial charge in [-0.15, -0.1) is 0 Å². The van der Waals surface area contributed by atoms with Gasteiger partial charge in [0.15, 0.2) is 0 Å². The Labute approximate surface area is 115 Å². The van der Waals surface area contributed by atoms with Crippen molar-refractivity contribution in [3.63, 3.8) is 0 Å². The second-order valence-corrected chi connectivity index (χ2v) is 5.13. The van der Waals surface area contributed by atoms with Crippen molar-refractivity contribution < 1.29 is 4.79 Å². The van der Waals surface area contributed by atoms with Crippen LogP contribution in [0.15, 0.2) is 24.3 Å². The predicted molar refractivity (Wildman–Crippen MR) is 78.0 cm³/mol. The molecule has 0 spiro atoms. The smallest absolute Gasteiger partial charge is 0.242 e. The molecule has 1 heterocycles. The number of likely N-dealkylation sites (tertiary alicyclic amines) is 1. The van der Waals surface area contributed by atoms with E-state index in [4.69, 9.17) is 5.73 Å². The SMILES string of the molecule is CN(CC(=O)N1CCCCC1)c1ccccc1CN. The van der Waals surface area contributed by atoms with Crippen molar-refractivity contribution in [1.82, 2.24) is 4.90 Å². The van der Waals surface area contributed by atoms with Gasteiger partial charge in [0.2, 0.25) is 5.91 Å². The van der Waals surface area contributed by atoms with Crippen LogP contribution in [0.25, 0.3) is 0 Å². The molecule has 0 aromatic heterocycles. The monoisotopic (exact) mass is 261 g/mol. The summed E-state index contributed by atoms with van der Waals surface area (Å²) in [6.45, 7) is 2.74. The highest BCUT2D eigenvalue weighted by atomic mass is 16.2. The van der Waals surface area contributed by atoms with Gasteiger partial charge < -0.3 is 15.5 Å². The number of benzene rings is 1. The van der Waals surface area contributed by atoms with Crippen molar-refractivity contribution in [1.29, 1.82) is 0 Å². The zero-order chi connectivity index (χ0) is 13.7. The number of nitrogens with zero attached hydrogens (tertiary/aromatic N) is 2. The first-order valence-corrected chi connectivity index (χ1v) is 6.99. The fourth-order valence-electron chi connectivity index (χ4n) is 2.59. The van der Waals surface area contributed by atoms with E-state index >= 15 is 0 Å². The number of hydrogen-bond acceptors (Lipinski definition) is 3. The molecule has 4 nitrogen and oxygen atoms in total. The van der Waals surface area contributed by atoms with Gasteiger partial charge >= 0.3 is 0 Å². The number of carbonyl (C=O) groups excluding carboxylic acids is 1. The lowest BCUT2D eigenvalue weighted by atomic mass is 10.1. The highest BCUT2D eigenvalue weighted by Gasteiger charge is 2.18. The standard InChI is InChI=1S/C15H23N3O/c1-17(14-8-4-3-7-13(14)11-16)12-15(19)18-9-5-2-6-10-18/h3-4,7-8H,2,5-6,9-12,16H2,1H3. The van der Waals surface area contributed by atoms with Crippen molar-refractivity contribution >= 4 is 11.6 Å². The normalized spacial score (nSPS) is 15.4. The molecule has 0 bridgehead atoms. The summed E-state index contributed by atoms with van der Waals surface area (Å²) in [5, 5.41) is 0. The van der Waals surface area contributed by atoms with E-state index in [1.807, 2.05) is 41.1 Å². The van der Waals surface area contributed by atoms with Crippen LogP contribution in [0, 0.1) is 0 Å². The maximum atomic E-state index is 12.2. The Bertz CT molecular complexity index is 427. The van der Waals surface area contributed by atoms with Gasteiger partial charge in [0.05, 0.1) is 6.54 Å². The lowest BCUT2D eigenvalue weighted by Gasteiger charge is -2.30. The molecule has 2 N–H and O–H groups in total. The van der Waals surface area contributed by atoms with Crippen molar-refractivity contribution in [2.75, 3.05) is 31.6 Å². The van der Waals surface area contributed by atoms with Gasteiger partial charge in [0.1, 0.15) is 0 Å². The molecule has 19 heavy (non-hydrogen) atoms. The zero-order valence-corrected chi connectivity index (χ0v) is 11.6. The molecule has 1 aromatic carbocycles. The van der Waals surface area contributed by atoms with E-state index in [0.29, 0.717) is 13.1 Å². The maximum Gasteiger partial charge on any atom is 0.242 e. The summed E-state index contributed by atoms with van der Waals surface area (Å²) in [6, 6.07) is 7.99. The van der Waals surface area contributed by atoms with E-state index < -0.39 is 0 Å². The second kappa shape index (κ2) is 6.57. The quantitative estimate of drug-likeness (QED) is 0.895. The third-order valence-corrected chi connectivity index (χ3v) is 3.70. The van der Waals surface area contributed by atoms with Crippen LogP contribution in [0.1, 0.15) is 24.8 Å². The van der Waals surface area contributed by atoms with Gasteiger partial charge in [-0.25, -0.2) is 0 Å². The first-order chi connectivity index (χ1) is 9.22. The summed E-state index contributed by atoms with van der Waals surface area (Å²) in [4.78, 5) is 16.2. The first-order valence-electron chi connectivity index (χ1n) is 6.99. The number of piperidine rings is 1. The third-order valence-electron chi connectivity index (χ3n) is 3.70. The fourth-order valence-corrected chi connectivity index (χ4v) is 2.59. The second-order valence-electron chi connectivity index (χ2n) is 5.13. The van der Waals surface area contributed by atoms with E-state index in [2.05, 4.69) is 0 Å². The summed E-state index contributed by atoms with van der Waals surface area (Å²) in [5.41, 5.74) is 7.87. The molecule has 104 valence electrons. The maximum absolute atomic E-state index is 12.2. The van der Waals surface area contributed by atoms with Crippen LogP contribution in [0.4, 0.5) is 5.69 Å². The molecular formula is C15H23N3O. The van der Waals surface area contributed by atoms with E-state index in [1.165, 1.54) is 6.42 Å². The van der Waals surface area contributed by atoms with E-state index in [-0.39, 0.29) is 5.91 Å². The van der Waals surface area contributed by atoms with E-state index in [1.54, 1.807) is 0 Å². The molecule has 1 aliphatic rings. The van der Waals surface area contributed by atoms with Gasteiger partial charge in [-0.2, -0.15) is 0 Å². The number of amides is 1. The largest absolute Gasteiger partial charge is 0.365 e. The molecule has 2 rings (SSSR count). The van der Waals surface area contributed by atoms with Crippen LogP contribution in [-0.2, 0) is 11.3 Å².